The van der Waals surface area contributed by atoms with Crippen LogP contribution in [0.1, 0.15) is 11.1 Å². The van der Waals surface area contributed by atoms with Crippen molar-refractivity contribution in [1.29, 1.82) is 0 Å². The summed E-state index contributed by atoms with van der Waals surface area (Å²) in [6.45, 7) is 0.373. The molecule has 3 rings (SSSR count). The maximum Gasteiger partial charge on any atom is 0.200 e. The molecule has 5 nitrogen and oxygen atoms in total. The third-order valence-corrected chi connectivity index (χ3v) is 5.93. The number of hydrogen-bond donors (Lipinski definition) is 2. The van der Waals surface area contributed by atoms with Crippen LogP contribution >= 0.6 is 11.3 Å². The smallest absolute Gasteiger partial charge is 0.200 e. The van der Waals surface area contributed by atoms with Gasteiger partial charge in [0.1, 0.15) is 5.75 Å². The number of hydrogen-bond acceptors (Lipinski definition) is 6. The van der Waals surface area contributed by atoms with E-state index in [2.05, 4.69) is 10.3 Å². The lowest BCUT2D eigenvalue weighted by Gasteiger charge is -2.05. The molecule has 7 heteroatoms. The van der Waals surface area contributed by atoms with Crippen LogP contribution in [-0.4, -0.2) is 18.5 Å². The first-order valence-corrected chi connectivity index (χ1v) is 9.81. The molecular formula is C17H16N2O3S2. The number of thiazole rings is 1. The van der Waals surface area contributed by atoms with Crippen molar-refractivity contribution in [2.75, 3.05) is 5.32 Å². The molecule has 1 aromatic heterocycles. The van der Waals surface area contributed by atoms with Gasteiger partial charge in [0.15, 0.2) is 10.2 Å². The van der Waals surface area contributed by atoms with Crippen molar-refractivity contribution in [1.82, 2.24) is 4.98 Å². The molecule has 3 aromatic rings. The maximum atomic E-state index is 12.4. The average Bonchev–Trinajstić information content (AvgIpc) is 3.05. The molecule has 0 aliphatic rings. The monoisotopic (exact) mass is 360 g/mol. The Morgan fingerprint density at radius 2 is 1.75 bits per heavy atom. The number of phenolic OH excluding ortho intramolecular Hbond substituents is 1. The van der Waals surface area contributed by atoms with Crippen molar-refractivity contribution in [2.45, 2.75) is 17.3 Å². The molecule has 24 heavy (non-hydrogen) atoms. The van der Waals surface area contributed by atoms with Gasteiger partial charge < -0.3 is 10.4 Å². The highest BCUT2D eigenvalue weighted by atomic mass is 32.2. The van der Waals surface area contributed by atoms with Gasteiger partial charge in [-0.25, -0.2) is 13.4 Å². The van der Waals surface area contributed by atoms with E-state index in [1.54, 1.807) is 30.3 Å². The Hall–Kier alpha value is -2.38. The molecule has 0 aliphatic heterocycles. The summed E-state index contributed by atoms with van der Waals surface area (Å²) in [5, 5.41) is 14.9. The molecule has 1 heterocycles. The number of phenols is 1. The number of benzene rings is 2. The second-order valence-corrected chi connectivity index (χ2v) is 8.01. The summed E-state index contributed by atoms with van der Waals surface area (Å²) in [5.74, 6) is 0.120. The quantitative estimate of drug-likeness (QED) is 0.704. The molecular weight excluding hydrogens is 344 g/mol. The van der Waals surface area contributed by atoms with E-state index in [9.17, 15) is 13.5 Å². The fourth-order valence-electron chi connectivity index (χ4n) is 2.18. The Bertz CT molecular complexity index is 922. The maximum absolute atomic E-state index is 12.4. The zero-order chi connectivity index (χ0) is 17.0. The van der Waals surface area contributed by atoms with Crippen molar-refractivity contribution in [2.24, 2.45) is 0 Å². The molecule has 0 amide bonds. The van der Waals surface area contributed by atoms with E-state index in [0.717, 1.165) is 11.1 Å². The number of anilines is 1. The van der Waals surface area contributed by atoms with Gasteiger partial charge in [-0.1, -0.05) is 48.5 Å². The lowest BCUT2D eigenvalue weighted by Crippen LogP contribution is -2.06. The number of aromatic hydroxyl groups is 1. The van der Waals surface area contributed by atoms with Crippen LogP contribution < -0.4 is 5.32 Å². The van der Waals surface area contributed by atoms with Gasteiger partial charge in [0, 0.05) is 17.5 Å². The van der Waals surface area contributed by atoms with E-state index in [-0.39, 0.29) is 16.5 Å². The first-order valence-electron chi connectivity index (χ1n) is 7.27. The van der Waals surface area contributed by atoms with Crippen molar-refractivity contribution in [3.8, 4) is 5.75 Å². The van der Waals surface area contributed by atoms with E-state index in [1.165, 1.54) is 16.7 Å². The highest BCUT2D eigenvalue weighted by Crippen LogP contribution is 2.24. The van der Waals surface area contributed by atoms with Crippen LogP contribution in [0.3, 0.4) is 0 Å². The summed E-state index contributed by atoms with van der Waals surface area (Å²) in [6, 6.07) is 16.0. The van der Waals surface area contributed by atoms with E-state index in [0.29, 0.717) is 11.7 Å². The number of aromatic nitrogens is 1. The number of para-hydroxylation sites is 1. The van der Waals surface area contributed by atoms with Gasteiger partial charge in [0.2, 0.25) is 9.84 Å². The minimum absolute atomic E-state index is 0.0659. The van der Waals surface area contributed by atoms with Crippen molar-refractivity contribution < 1.29 is 13.5 Å². The Kier molecular flexibility index (Phi) is 4.82. The van der Waals surface area contributed by atoms with Crippen LogP contribution in [0.25, 0.3) is 0 Å². The lowest BCUT2D eigenvalue weighted by molar-refractivity contribution is 0.469. The minimum Gasteiger partial charge on any atom is -0.508 e. The van der Waals surface area contributed by atoms with Crippen molar-refractivity contribution in [3.63, 3.8) is 0 Å². The fraction of sp³-hybridized carbons (Fsp3) is 0.118. The summed E-state index contributed by atoms with van der Waals surface area (Å²) in [6.07, 6.45) is 0. The number of rotatable bonds is 6. The molecule has 0 saturated carbocycles. The van der Waals surface area contributed by atoms with Gasteiger partial charge in [0.05, 0.1) is 5.75 Å². The SMILES string of the molecule is O=S(=O)(Cc1ccccc1)c1csc(NCc2ccccc2O)n1. The summed E-state index contributed by atoms with van der Waals surface area (Å²) < 4.78 is 24.8. The van der Waals surface area contributed by atoms with Crippen molar-refractivity contribution >= 4 is 26.3 Å². The second kappa shape index (κ2) is 7.02. The molecule has 0 radical (unpaired) electrons. The van der Waals surface area contributed by atoms with Crippen LogP contribution in [0.5, 0.6) is 5.75 Å². The van der Waals surface area contributed by atoms with Crippen LogP contribution in [0.2, 0.25) is 0 Å². The zero-order valence-corrected chi connectivity index (χ0v) is 14.3. The Morgan fingerprint density at radius 3 is 2.50 bits per heavy atom. The molecule has 0 fully saturated rings. The van der Waals surface area contributed by atoms with Crippen LogP contribution in [0.4, 0.5) is 5.13 Å². The second-order valence-electron chi connectivity index (χ2n) is 5.22. The lowest BCUT2D eigenvalue weighted by atomic mass is 10.2. The highest BCUT2D eigenvalue weighted by molar-refractivity contribution is 7.90. The third kappa shape index (κ3) is 3.93. The molecule has 0 spiro atoms. The van der Waals surface area contributed by atoms with Gasteiger partial charge in [-0.15, -0.1) is 11.3 Å². The Labute approximate surface area is 144 Å². The summed E-state index contributed by atoms with van der Waals surface area (Å²) in [7, 11) is -3.47. The molecule has 2 N–H and O–H groups in total. The first-order chi connectivity index (χ1) is 11.5. The van der Waals surface area contributed by atoms with E-state index in [4.69, 9.17) is 0 Å². The number of sulfone groups is 1. The predicted molar refractivity (Wildman–Crippen MR) is 94.9 cm³/mol. The van der Waals surface area contributed by atoms with Gasteiger partial charge in [0.25, 0.3) is 0 Å². The van der Waals surface area contributed by atoms with Crippen LogP contribution in [0, 0.1) is 0 Å². The number of nitrogens with zero attached hydrogens (tertiary/aromatic N) is 1. The van der Waals surface area contributed by atoms with Gasteiger partial charge in [-0.2, -0.15) is 0 Å². The minimum atomic E-state index is -3.47. The standard InChI is InChI=1S/C17H16N2O3S2/c20-15-9-5-4-8-14(15)10-18-17-19-16(11-23-17)24(21,22)12-13-6-2-1-3-7-13/h1-9,11,20H,10,12H2,(H,18,19). The number of nitrogens with one attached hydrogen (secondary N) is 1. The molecule has 0 unspecified atom stereocenters. The van der Waals surface area contributed by atoms with E-state index in [1.807, 2.05) is 24.3 Å². The Morgan fingerprint density at radius 1 is 1.04 bits per heavy atom. The molecule has 0 saturated heterocycles. The zero-order valence-electron chi connectivity index (χ0n) is 12.7. The molecule has 0 aliphatic carbocycles. The molecule has 0 bridgehead atoms. The fourth-order valence-corrected chi connectivity index (χ4v) is 4.55. The Balaban J connectivity index is 1.70. The molecule has 2 aromatic carbocycles. The first kappa shape index (κ1) is 16.5. The van der Waals surface area contributed by atoms with Gasteiger partial charge in [-0.3, -0.25) is 0 Å². The van der Waals surface area contributed by atoms with Gasteiger partial charge in [-0.05, 0) is 11.6 Å². The van der Waals surface area contributed by atoms with Crippen LogP contribution in [0.15, 0.2) is 65.0 Å². The topological polar surface area (TPSA) is 79.3 Å². The van der Waals surface area contributed by atoms with Crippen LogP contribution in [-0.2, 0) is 22.1 Å². The van der Waals surface area contributed by atoms with Crippen molar-refractivity contribution in [3.05, 3.63) is 71.1 Å². The molecule has 124 valence electrons. The summed E-state index contributed by atoms with van der Waals surface area (Å²) >= 11 is 1.23. The van der Waals surface area contributed by atoms with Gasteiger partial charge >= 0.3 is 0 Å². The average molecular weight is 360 g/mol. The normalized spacial score (nSPS) is 11.3. The molecule has 0 atom stereocenters. The highest BCUT2D eigenvalue weighted by Gasteiger charge is 2.19. The largest absolute Gasteiger partial charge is 0.508 e. The summed E-state index contributed by atoms with van der Waals surface area (Å²) in [5.41, 5.74) is 1.45. The predicted octanol–water partition coefficient (Wildman–Crippen LogP) is 3.43. The van der Waals surface area contributed by atoms with E-state index < -0.39 is 9.84 Å². The third-order valence-electron chi connectivity index (χ3n) is 3.42. The van der Waals surface area contributed by atoms with E-state index >= 15 is 0 Å². The summed E-state index contributed by atoms with van der Waals surface area (Å²) in [4.78, 5) is 4.16.